The van der Waals surface area contributed by atoms with E-state index in [0.29, 0.717) is 5.57 Å². The first-order chi connectivity index (χ1) is 61.3. The number of hydrogen-bond acceptors (Lipinski definition) is 12. The molecule has 0 fully saturated rings. The Morgan fingerprint density at radius 2 is 0.485 bits per heavy atom. The van der Waals surface area contributed by atoms with Gasteiger partial charge in [-0.25, -0.2) is 8.78 Å². The molecule has 20 nitrogen and oxygen atoms in total. The summed E-state index contributed by atoms with van der Waals surface area (Å²) in [6, 6.07) is 13.8. The van der Waals surface area contributed by atoms with Gasteiger partial charge < -0.3 is 9.47 Å². The van der Waals surface area contributed by atoms with E-state index in [1.807, 2.05) is 6.07 Å². The summed E-state index contributed by atoms with van der Waals surface area (Å²) in [6.07, 6.45) is -49.8. The van der Waals surface area contributed by atoms with Crippen LogP contribution in [0.5, 0.6) is 11.5 Å². The van der Waals surface area contributed by atoms with Crippen LogP contribution >= 0.6 is 0 Å². The van der Waals surface area contributed by atoms with Crippen LogP contribution in [0.3, 0.4) is 0 Å². The van der Waals surface area contributed by atoms with Crippen LogP contribution in [0.1, 0.15) is 94.5 Å². The Morgan fingerprint density at radius 3 is 0.826 bits per heavy atom. The minimum atomic E-state index is -5.65. The van der Waals surface area contributed by atoms with Gasteiger partial charge in [0.05, 0.1) is 66.8 Å². The molecule has 46 heteroatoms. The molecule has 0 unspecified atom stereocenters. The number of fused-ring (bicyclic) bond motifs is 8. The number of hydrogen-bond donors (Lipinski definition) is 0. The average molecular weight is 1840 g/mol. The van der Waals surface area contributed by atoms with Gasteiger partial charge in [-0.15, -0.1) is 26.3 Å². The summed E-state index contributed by atoms with van der Waals surface area (Å²) in [4.78, 5) is 23.7. The molecule has 0 amide bonds. The van der Waals surface area contributed by atoms with Gasteiger partial charge in [0, 0.05) is 85.7 Å². The molecular formula is C86H28F26N18O2. The number of nitriles is 10. The maximum Gasteiger partial charge on any atom is 0.573 e. The van der Waals surface area contributed by atoms with Crippen LogP contribution in [0.15, 0.2) is 90.2 Å². The molecule has 0 saturated carbocycles. The molecule has 0 N–H and O–H groups in total. The molecule has 4 aromatic carbocycles. The van der Waals surface area contributed by atoms with Gasteiger partial charge in [-0.1, -0.05) is 0 Å². The first kappa shape index (κ1) is 98.2. The molecule has 0 radical (unpaired) electrons. The van der Waals surface area contributed by atoms with Crippen LogP contribution < -0.4 is 51.2 Å². The van der Waals surface area contributed by atoms with Crippen molar-refractivity contribution in [3.05, 3.63) is 302 Å². The lowest BCUT2D eigenvalue weighted by atomic mass is 9.92. The van der Waals surface area contributed by atoms with E-state index in [-0.39, 0.29) is 78.4 Å². The smallest absolute Gasteiger partial charge is 0.405 e. The molecule has 0 bridgehead atoms. The summed E-state index contributed by atoms with van der Waals surface area (Å²) in [6.45, 7) is 61.5. The highest BCUT2D eigenvalue weighted by atomic mass is 19.4. The van der Waals surface area contributed by atoms with E-state index in [2.05, 4.69) is 48.2 Å². The zero-order valence-corrected chi connectivity index (χ0v) is 65.4. The molecule has 656 valence electrons. The van der Waals surface area contributed by atoms with Crippen molar-refractivity contribution in [2.45, 2.75) is 129 Å². The van der Waals surface area contributed by atoms with E-state index in [1.165, 1.54) is 31.2 Å². The Morgan fingerprint density at radius 1 is 0.258 bits per heavy atom. The SMILES string of the molecule is [C-]#[N+]C([N+]#[C-])=C1Cc2c(C#N)c3c(c(C#N)c2=C1C)CC(=C(C#N)C#N)C=3C(F)(F)F.[C-]#[N+]C([N+]#[C-])=C1Cc2c(C(F)(F)F)c3c(c(C(F)(F)F)c2=C1C)CC(=C(C#N)C#N)C=3C(F)(F)F.[C-]#[N+]C([N+]#[C-])=C1Cc2c(F)c3c(c(F)c2=C1C)CC(=C(C#N)C#N)C=3C(F)(F)F.[C-]#[N+]C([N+]#[C-])=C1Cc2c(OC(F)(F)F)c3c(c(OC(F)(F)F)c2=C1C)CC(=C(C#N)C#N)C=3C(F)(F)F. The van der Waals surface area contributed by atoms with Crippen molar-refractivity contribution < 1.29 is 124 Å². The molecule has 0 heterocycles. The van der Waals surface area contributed by atoms with Crippen molar-refractivity contribution >= 4 is 44.6 Å². The van der Waals surface area contributed by atoms with Gasteiger partial charge in [0.1, 0.15) is 159 Å². The highest BCUT2D eigenvalue weighted by Gasteiger charge is 2.54. The van der Waals surface area contributed by atoms with Crippen LogP contribution in [-0.4, -0.2) is 37.4 Å². The maximum absolute atomic E-state index is 15.2. The zero-order valence-electron chi connectivity index (χ0n) is 65.4. The summed E-state index contributed by atoms with van der Waals surface area (Å²) in [5.41, 5.74) is -25.2. The van der Waals surface area contributed by atoms with Crippen LogP contribution in [0.4, 0.5) is 114 Å². The fraction of sp³-hybridized carbons (Fsp3) is 0.233. The number of nitrogens with zero attached hydrogens (tertiary/aromatic N) is 18. The molecule has 0 aromatic heterocycles. The zero-order chi connectivity index (χ0) is 99.5. The lowest BCUT2D eigenvalue weighted by Gasteiger charge is -2.19. The van der Waals surface area contributed by atoms with Gasteiger partial charge in [-0.3, -0.25) is 0 Å². The van der Waals surface area contributed by atoms with E-state index < -0.39 is 284 Å². The lowest BCUT2D eigenvalue weighted by Crippen LogP contribution is -2.37. The molecule has 8 aliphatic carbocycles. The highest BCUT2D eigenvalue weighted by molar-refractivity contribution is 5.88. The monoisotopic (exact) mass is 1840 g/mol. The van der Waals surface area contributed by atoms with E-state index in [4.69, 9.17) is 94.7 Å². The quantitative estimate of drug-likeness (QED) is 0.103. The number of allylic oxidation sites excluding steroid dienone is 12. The van der Waals surface area contributed by atoms with Crippen LogP contribution in [-0.2, 0) is 63.7 Å². The molecular weight excluding hydrogens is 1810 g/mol. The largest absolute Gasteiger partial charge is 0.573 e. The Labute approximate surface area is 720 Å². The summed E-state index contributed by atoms with van der Waals surface area (Å²) < 4.78 is 372. The molecule has 0 spiro atoms. The van der Waals surface area contributed by atoms with Gasteiger partial charge in [-0.05, 0) is 124 Å². The van der Waals surface area contributed by atoms with E-state index in [1.54, 1.807) is 13.0 Å². The predicted molar refractivity (Wildman–Crippen MR) is 393 cm³/mol. The van der Waals surface area contributed by atoms with Crippen LogP contribution in [0.2, 0.25) is 0 Å². The molecule has 0 aliphatic heterocycles. The second kappa shape index (κ2) is 34.9. The maximum atomic E-state index is 15.2. The van der Waals surface area contributed by atoms with Crippen molar-refractivity contribution in [3.63, 3.8) is 0 Å². The van der Waals surface area contributed by atoms with Crippen molar-refractivity contribution in [2.75, 3.05) is 0 Å². The van der Waals surface area contributed by atoms with Crippen molar-refractivity contribution in [1.82, 2.24) is 0 Å². The lowest BCUT2D eigenvalue weighted by molar-refractivity contribution is -0.277. The standard InChI is InChI=1S/C22H7F9N4O2.C22H7F9N4.C22H7F3N6.C20H7F5N4/c1-8-10(19(34-2)35-3)4-12-14(8)17(36-21(26,27)28)13-5-11(9(6-32)7-33)16(20(23,24)25)15(13)18(12)37-22(29,30)31;1-8-10(19(34-2)35-3)4-12-14(8)17(21(26,27)28)13-5-11(9(6-32)7-33)16(20(23,24)25)15(13)18(12)22(29,30)31;1-10-12(21(30-2)31-3)4-14-17(9-29)19-15(16(8-28)18(10)14)5-13(11(6-26)7-27)20(19)22(23,24)25;1-8-10(19(28-2)29-3)4-12-14(8)17(21)13-5-11(9(6-26)7-27)16(20(23,24)25)15(13)18(12)22/h4-5H2,1H3;4-5H2,1H3;4-5H2,1H3;4-5H2,1H3. The first-order valence-electron chi connectivity index (χ1n) is 35.2. The Bertz CT molecular complexity index is 7710. The highest BCUT2D eigenvalue weighted by Crippen LogP contribution is 2.50. The molecule has 4 aromatic rings. The summed E-state index contributed by atoms with van der Waals surface area (Å²) >= 11 is 0. The second-order valence-corrected chi connectivity index (χ2v) is 27.7. The van der Waals surface area contributed by atoms with E-state index in [9.17, 15) is 116 Å². The second-order valence-electron chi connectivity index (χ2n) is 27.7. The Hall–Kier alpha value is -17.6. The van der Waals surface area contributed by atoms with Gasteiger partial charge in [0.25, 0.3) is 0 Å². The first-order valence-corrected chi connectivity index (χ1v) is 35.2. The van der Waals surface area contributed by atoms with Crippen molar-refractivity contribution in [1.29, 1.82) is 52.6 Å². The number of ether oxygens (including phenoxy) is 2. The van der Waals surface area contributed by atoms with Gasteiger partial charge in [0.15, 0.2) is 0 Å². The normalized spacial score (nSPS) is 14.6. The topological polar surface area (TPSA) is 291 Å². The van der Waals surface area contributed by atoms with E-state index >= 15 is 8.78 Å². The fourth-order valence-electron chi connectivity index (χ4n) is 16.6. The third kappa shape index (κ3) is 16.8. The number of rotatable bonds is 2. The minimum Gasteiger partial charge on any atom is -0.405 e. The molecule has 132 heavy (non-hydrogen) atoms. The van der Waals surface area contributed by atoms with Crippen LogP contribution in [0, 0.1) is 178 Å². The minimum absolute atomic E-state index is 0.0607. The summed E-state index contributed by atoms with van der Waals surface area (Å²) in [5, 5.41) is 85.5. The predicted octanol–water partition coefficient (Wildman–Crippen LogP) is 16.2. The third-order valence-electron chi connectivity index (χ3n) is 21.3. The van der Waals surface area contributed by atoms with Crippen LogP contribution in [0.25, 0.3) is 83.3 Å². The number of alkyl halides is 24. The number of halogens is 26. The van der Waals surface area contributed by atoms with Crippen molar-refractivity contribution in [2.24, 2.45) is 0 Å². The molecule has 0 saturated heterocycles. The summed E-state index contributed by atoms with van der Waals surface area (Å²) in [5.74, 6) is -7.51. The van der Waals surface area contributed by atoms with Crippen molar-refractivity contribution in [3.8, 4) is 72.2 Å². The molecule has 0 atom stereocenters. The third-order valence-corrected chi connectivity index (χ3v) is 21.3. The summed E-state index contributed by atoms with van der Waals surface area (Å²) in [7, 11) is 0. The number of benzene rings is 4. The Balaban J connectivity index is 0.000000199. The van der Waals surface area contributed by atoms with Gasteiger partial charge in [-0.2, -0.15) is 170 Å². The Kier molecular flexibility index (Phi) is 26.0. The molecule has 8 aliphatic rings. The molecule has 12 rings (SSSR count). The average Bonchev–Trinajstić information content (AvgIpc) is 1.53. The van der Waals surface area contributed by atoms with Gasteiger partial charge in [0.2, 0.25) is 0 Å². The van der Waals surface area contributed by atoms with E-state index in [0.717, 1.165) is 38.1 Å². The fourth-order valence-corrected chi connectivity index (χ4v) is 16.6. The van der Waals surface area contributed by atoms with Gasteiger partial charge >= 0.3 is 73.1 Å².